The fourth-order valence-electron chi connectivity index (χ4n) is 2.19. The van der Waals surface area contributed by atoms with E-state index in [0.717, 1.165) is 18.7 Å². The van der Waals surface area contributed by atoms with Crippen molar-refractivity contribution in [2.45, 2.75) is 26.2 Å². The first-order valence-electron chi connectivity index (χ1n) is 7.37. The predicted molar refractivity (Wildman–Crippen MR) is 81.1 cm³/mol. The minimum atomic E-state index is -4.32. The topological polar surface area (TPSA) is 39.1 Å². The Kier molecular flexibility index (Phi) is 6.04. The van der Waals surface area contributed by atoms with Crippen LogP contribution >= 0.6 is 0 Å². The Hall–Kier alpha value is -2.02. The summed E-state index contributed by atoms with van der Waals surface area (Å²) in [5.74, 6) is 0.641. The van der Waals surface area contributed by atoms with Crippen LogP contribution in [0, 0.1) is 5.92 Å². The number of alkyl halides is 3. The highest BCUT2D eigenvalue weighted by atomic mass is 19.4. The molecule has 2 aromatic rings. The zero-order valence-electron chi connectivity index (χ0n) is 12.9. The van der Waals surface area contributed by atoms with Gasteiger partial charge in [0.25, 0.3) is 0 Å². The molecule has 0 aliphatic rings. The Balaban J connectivity index is 1.74. The van der Waals surface area contributed by atoms with E-state index in [1.165, 1.54) is 6.07 Å². The lowest BCUT2D eigenvalue weighted by atomic mass is 10.1. The molecule has 0 saturated carbocycles. The molecule has 1 aromatic carbocycles. The minimum Gasteiger partial charge on any atom is -0.484 e. The highest BCUT2D eigenvalue weighted by Gasteiger charge is 2.28. The first kappa shape index (κ1) is 17.3. The molecule has 23 heavy (non-hydrogen) atoms. The Bertz CT molecular complexity index is 585. The second kappa shape index (κ2) is 8.01. The van der Waals surface area contributed by atoms with E-state index >= 15 is 0 Å². The molecule has 126 valence electrons. The van der Waals surface area contributed by atoms with Crippen LogP contribution in [0.25, 0.3) is 0 Å². The smallest absolute Gasteiger partial charge is 0.422 e. The van der Waals surface area contributed by atoms with Crippen LogP contribution in [-0.4, -0.2) is 28.9 Å². The van der Waals surface area contributed by atoms with Crippen molar-refractivity contribution in [2.75, 3.05) is 13.2 Å². The molecule has 7 heteroatoms. The third-order valence-corrected chi connectivity index (χ3v) is 3.20. The van der Waals surface area contributed by atoms with Crippen LogP contribution in [0.2, 0.25) is 0 Å². The van der Waals surface area contributed by atoms with Gasteiger partial charge in [0.2, 0.25) is 0 Å². The minimum absolute atomic E-state index is 0.230. The van der Waals surface area contributed by atoms with Crippen molar-refractivity contribution >= 4 is 0 Å². The number of benzene rings is 1. The number of imidazole rings is 1. The maximum atomic E-state index is 12.1. The van der Waals surface area contributed by atoms with E-state index in [1.807, 2.05) is 16.8 Å². The summed E-state index contributed by atoms with van der Waals surface area (Å²) in [7, 11) is 0. The summed E-state index contributed by atoms with van der Waals surface area (Å²) < 4.78 is 43.2. The van der Waals surface area contributed by atoms with E-state index in [2.05, 4.69) is 17.2 Å². The number of ether oxygens (including phenoxy) is 1. The molecular weight excluding hydrogens is 307 g/mol. The molecule has 4 nitrogen and oxygen atoms in total. The number of halogens is 3. The van der Waals surface area contributed by atoms with Crippen molar-refractivity contribution in [3.8, 4) is 5.75 Å². The highest BCUT2D eigenvalue weighted by molar-refractivity contribution is 5.28. The van der Waals surface area contributed by atoms with Crippen molar-refractivity contribution in [1.82, 2.24) is 14.9 Å². The van der Waals surface area contributed by atoms with E-state index in [1.54, 1.807) is 24.7 Å². The lowest BCUT2D eigenvalue weighted by Gasteiger charge is -2.14. The van der Waals surface area contributed by atoms with Gasteiger partial charge >= 0.3 is 6.18 Å². The number of nitrogens with one attached hydrogen (secondary N) is 1. The summed E-state index contributed by atoms with van der Waals surface area (Å²) in [4.78, 5) is 4.00. The molecule has 0 aliphatic carbocycles. The van der Waals surface area contributed by atoms with Crippen LogP contribution in [0.3, 0.4) is 0 Å². The SMILES string of the molecule is CC(CNCc1cccc(OCC(F)(F)F)c1)Cn1ccnc1. The summed E-state index contributed by atoms with van der Waals surface area (Å²) in [6, 6.07) is 6.70. The number of aromatic nitrogens is 2. The Morgan fingerprint density at radius 1 is 1.35 bits per heavy atom. The molecule has 1 unspecified atom stereocenters. The van der Waals surface area contributed by atoms with Gasteiger partial charge in [0, 0.05) is 25.5 Å². The van der Waals surface area contributed by atoms with Gasteiger partial charge in [-0.25, -0.2) is 4.98 Å². The van der Waals surface area contributed by atoms with Crippen molar-refractivity contribution in [2.24, 2.45) is 5.92 Å². The molecule has 0 aliphatic heterocycles. The van der Waals surface area contributed by atoms with Gasteiger partial charge in [0.05, 0.1) is 6.33 Å². The fourth-order valence-corrected chi connectivity index (χ4v) is 2.19. The fraction of sp³-hybridized carbons (Fsp3) is 0.438. The first-order chi connectivity index (χ1) is 10.9. The van der Waals surface area contributed by atoms with Crippen LogP contribution in [0.15, 0.2) is 43.0 Å². The van der Waals surface area contributed by atoms with Crippen molar-refractivity contribution in [3.05, 3.63) is 48.5 Å². The van der Waals surface area contributed by atoms with E-state index in [0.29, 0.717) is 12.5 Å². The predicted octanol–water partition coefficient (Wildman–Crippen LogP) is 3.25. The third-order valence-electron chi connectivity index (χ3n) is 3.20. The zero-order chi connectivity index (χ0) is 16.7. The maximum Gasteiger partial charge on any atom is 0.422 e. The molecule has 0 spiro atoms. The molecule has 2 rings (SSSR count). The van der Waals surface area contributed by atoms with E-state index in [4.69, 9.17) is 4.74 Å². The number of hydrogen-bond acceptors (Lipinski definition) is 3. The van der Waals surface area contributed by atoms with Crippen LogP contribution in [0.1, 0.15) is 12.5 Å². The molecule has 1 aromatic heterocycles. The molecule has 1 heterocycles. The van der Waals surface area contributed by atoms with Crippen molar-refractivity contribution in [1.29, 1.82) is 0 Å². The molecule has 0 bridgehead atoms. The Morgan fingerprint density at radius 3 is 2.87 bits per heavy atom. The summed E-state index contributed by atoms with van der Waals surface area (Å²) in [5, 5.41) is 3.30. The molecule has 0 fully saturated rings. The average Bonchev–Trinajstić information content (AvgIpc) is 2.98. The molecule has 1 atom stereocenters. The second-order valence-corrected chi connectivity index (χ2v) is 5.55. The summed E-state index contributed by atoms with van der Waals surface area (Å²) in [6.45, 7) is 3.09. The van der Waals surface area contributed by atoms with E-state index < -0.39 is 12.8 Å². The lowest BCUT2D eigenvalue weighted by molar-refractivity contribution is -0.153. The number of nitrogens with zero attached hydrogens (tertiary/aromatic N) is 2. The van der Waals surface area contributed by atoms with Crippen LogP contribution in [0.5, 0.6) is 5.75 Å². The molecule has 1 N–H and O–H groups in total. The Labute approximate surface area is 133 Å². The van der Waals surface area contributed by atoms with Crippen molar-refractivity contribution in [3.63, 3.8) is 0 Å². The van der Waals surface area contributed by atoms with Crippen LogP contribution < -0.4 is 10.1 Å². The van der Waals surface area contributed by atoms with Gasteiger partial charge in [-0.05, 0) is 30.2 Å². The second-order valence-electron chi connectivity index (χ2n) is 5.55. The number of rotatable bonds is 8. The molecule has 0 radical (unpaired) electrons. The van der Waals surface area contributed by atoms with Gasteiger partial charge in [-0.15, -0.1) is 0 Å². The monoisotopic (exact) mass is 327 g/mol. The van der Waals surface area contributed by atoms with Gasteiger partial charge in [-0.3, -0.25) is 0 Å². The van der Waals surface area contributed by atoms with Gasteiger partial charge < -0.3 is 14.6 Å². The third kappa shape index (κ3) is 6.73. The summed E-state index contributed by atoms with van der Waals surface area (Å²) >= 11 is 0. The zero-order valence-corrected chi connectivity index (χ0v) is 12.9. The van der Waals surface area contributed by atoms with Crippen LogP contribution in [0.4, 0.5) is 13.2 Å². The maximum absolute atomic E-state index is 12.1. The van der Waals surface area contributed by atoms with E-state index in [-0.39, 0.29) is 5.75 Å². The van der Waals surface area contributed by atoms with Gasteiger partial charge in [0.1, 0.15) is 5.75 Å². The summed E-state index contributed by atoms with van der Waals surface area (Å²) in [5.41, 5.74) is 0.888. The number of hydrogen-bond donors (Lipinski definition) is 1. The van der Waals surface area contributed by atoms with Gasteiger partial charge in [-0.1, -0.05) is 19.1 Å². The largest absolute Gasteiger partial charge is 0.484 e. The van der Waals surface area contributed by atoms with Crippen LogP contribution in [-0.2, 0) is 13.1 Å². The standard InChI is InChI=1S/C16H20F3N3O/c1-13(10-22-6-5-20-12-22)8-21-9-14-3-2-4-15(7-14)23-11-16(17,18)19/h2-7,12-13,21H,8-11H2,1H3. The average molecular weight is 327 g/mol. The normalized spacial score (nSPS) is 13.0. The molecule has 0 amide bonds. The first-order valence-corrected chi connectivity index (χ1v) is 7.37. The van der Waals surface area contributed by atoms with E-state index in [9.17, 15) is 13.2 Å². The van der Waals surface area contributed by atoms with Gasteiger partial charge in [0.15, 0.2) is 6.61 Å². The lowest BCUT2D eigenvalue weighted by Crippen LogP contribution is -2.23. The quantitative estimate of drug-likeness (QED) is 0.809. The van der Waals surface area contributed by atoms with Gasteiger partial charge in [-0.2, -0.15) is 13.2 Å². The summed E-state index contributed by atoms with van der Waals surface area (Å²) in [6.07, 6.45) is 1.11. The highest BCUT2D eigenvalue weighted by Crippen LogP contribution is 2.19. The molecule has 0 saturated heterocycles. The van der Waals surface area contributed by atoms with Crippen molar-refractivity contribution < 1.29 is 17.9 Å². The Morgan fingerprint density at radius 2 is 2.17 bits per heavy atom. The molecular formula is C16H20F3N3O.